The molecule has 1 heterocycles. The van der Waals surface area contributed by atoms with Crippen LogP contribution in [0.2, 0.25) is 0 Å². The van der Waals surface area contributed by atoms with Gasteiger partial charge in [-0.25, -0.2) is 0 Å². The number of hydrogen-bond donors (Lipinski definition) is 1. The van der Waals surface area contributed by atoms with E-state index in [2.05, 4.69) is 15.5 Å². The number of aromatic nitrogens is 2. The molecular weight excluding hydrogens is 324 g/mol. The Hall–Kier alpha value is -2.28. The third-order valence-electron chi connectivity index (χ3n) is 3.33. The molecule has 0 bridgehead atoms. The lowest BCUT2D eigenvalue weighted by molar-refractivity contribution is -0.129. The number of benzene rings is 1. The van der Waals surface area contributed by atoms with E-state index in [1.165, 1.54) is 18.3 Å². The smallest absolute Gasteiger partial charge is 0.227 e. The fourth-order valence-electron chi connectivity index (χ4n) is 2.21. The maximum Gasteiger partial charge on any atom is 0.227 e. The minimum atomic E-state index is -0.166. The minimum absolute atomic E-state index is 0.0150. The van der Waals surface area contributed by atoms with Gasteiger partial charge in [-0.15, -0.1) is 10.2 Å². The van der Waals surface area contributed by atoms with E-state index in [9.17, 15) is 9.59 Å². The van der Waals surface area contributed by atoms with Crippen LogP contribution in [-0.2, 0) is 9.59 Å². The lowest BCUT2D eigenvalue weighted by Crippen LogP contribution is -2.34. The quantitative estimate of drug-likeness (QED) is 0.836. The molecule has 0 fully saturated rings. The van der Waals surface area contributed by atoms with Gasteiger partial charge in [0.25, 0.3) is 0 Å². The van der Waals surface area contributed by atoms with Gasteiger partial charge in [0.2, 0.25) is 16.9 Å². The van der Waals surface area contributed by atoms with Crippen molar-refractivity contribution in [2.75, 3.05) is 18.4 Å². The van der Waals surface area contributed by atoms with Gasteiger partial charge in [0.15, 0.2) is 0 Å². The number of amides is 2. The standard InChI is InChI=1S/C17H22N4O2S/c1-12(2)11-21(13(3)22)10-9-15(23)18-17-20-19-16(24-17)14-7-5-4-6-8-14/h4-8,12H,9-11H2,1-3H3,(H,18,20,23). The highest BCUT2D eigenvalue weighted by atomic mass is 32.1. The molecule has 0 saturated carbocycles. The van der Waals surface area contributed by atoms with E-state index < -0.39 is 0 Å². The maximum atomic E-state index is 12.1. The van der Waals surface area contributed by atoms with E-state index in [1.807, 2.05) is 44.2 Å². The van der Waals surface area contributed by atoms with Gasteiger partial charge in [-0.1, -0.05) is 55.5 Å². The normalized spacial score (nSPS) is 10.7. The van der Waals surface area contributed by atoms with Gasteiger partial charge in [-0.3, -0.25) is 9.59 Å². The van der Waals surface area contributed by atoms with Gasteiger partial charge in [0, 0.05) is 32.0 Å². The largest absolute Gasteiger partial charge is 0.342 e. The van der Waals surface area contributed by atoms with Gasteiger partial charge >= 0.3 is 0 Å². The van der Waals surface area contributed by atoms with Crippen molar-refractivity contribution < 1.29 is 9.59 Å². The van der Waals surface area contributed by atoms with E-state index in [0.717, 1.165) is 10.6 Å². The molecule has 0 unspecified atom stereocenters. The Morgan fingerprint density at radius 2 is 1.92 bits per heavy atom. The lowest BCUT2D eigenvalue weighted by Gasteiger charge is -2.22. The second-order valence-electron chi connectivity index (χ2n) is 5.94. The minimum Gasteiger partial charge on any atom is -0.342 e. The van der Waals surface area contributed by atoms with Crippen molar-refractivity contribution in [3.8, 4) is 10.6 Å². The zero-order valence-electron chi connectivity index (χ0n) is 14.2. The molecule has 2 rings (SSSR count). The topological polar surface area (TPSA) is 75.2 Å². The summed E-state index contributed by atoms with van der Waals surface area (Å²) in [5.41, 5.74) is 0.968. The Labute approximate surface area is 145 Å². The molecule has 1 aromatic heterocycles. The molecule has 0 atom stereocenters. The van der Waals surface area contributed by atoms with Crippen LogP contribution in [0.1, 0.15) is 27.2 Å². The van der Waals surface area contributed by atoms with Crippen LogP contribution in [-0.4, -0.2) is 40.0 Å². The van der Waals surface area contributed by atoms with Crippen LogP contribution < -0.4 is 5.32 Å². The summed E-state index contributed by atoms with van der Waals surface area (Å²) < 4.78 is 0. The average molecular weight is 346 g/mol. The predicted molar refractivity (Wildman–Crippen MR) is 95.7 cm³/mol. The Kier molecular flexibility index (Phi) is 6.43. The first-order chi connectivity index (χ1) is 11.5. The van der Waals surface area contributed by atoms with E-state index >= 15 is 0 Å². The van der Waals surface area contributed by atoms with Crippen molar-refractivity contribution in [3.63, 3.8) is 0 Å². The molecule has 24 heavy (non-hydrogen) atoms. The molecule has 0 aliphatic carbocycles. The van der Waals surface area contributed by atoms with Crippen molar-refractivity contribution in [1.82, 2.24) is 15.1 Å². The lowest BCUT2D eigenvalue weighted by atomic mass is 10.2. The predicted octanol–water partition coefficient (Wildman–Crippen LogP) is 3.04. The van der Waals surface area contributed by atoms with Gasteiger partial charge in [0.1, 0.15) is 5.01 Å². The van der Waals surface area contributed by atoms with Crippen LogP contribution in [0.15, 0.2) is 30.3 Å². The third-order valence-corrected chi connectivity index (χ3v) is 4.22. The first kappa shape index (κ1) is 18.1. The van der Waals surface area contributed by atoms with Crippen molar-refractivity contribution >= 4 is 28.3 Å². The van der Waals surface area contributed by atoms with Crippen molar-refractivity contribution in [2.45, 2.75) is 27.2 Å². The fraction of sp³-hybridized carbons (Fsp3) is 0.412. The molecule has 0 radical (unpaired) electrons. The van der Waals surface area contributed by atoms with Crippen LogP contribution in [0.5, 0.6) is 0 Å². The fourth-order valence-corrected chi connectivity index (χ4v) is 2.97. The molecule has 6 nitrogen and oxygen atoms in total. The maximum absolute atomic E-state index is 12.1. The molecule has 1 aromatic carbocycles. The van der Waals surface area contributed by atoms with E-state index in [-0.39, 0.29) is 18.2 Å². The van der Waals surface area contributed by atoms with E-state index in [4.69, 9.17) is 0 Å². The van der Waals surface area contributed by atoms with Crippen LogP contribution in [0, 0.1) is 5.92 Å². The first-order valence-electron chi connectivity index (χ1n) is 7.90. The molecule has 128 valence electrons. The second kappa shape index (κ2) is 8.54. The number of nitrogens with zero attached hydrogens (tertiary/aromatic N) is 3. The molecule has 1 N–H and O–H groups in total. The van der Waals surface area contributed by atoms with E-state index in [1.54, 1.807) is 4.90 Å². The van der Waals surface area contributed by atoms with Crippen molar-refractivity contribution in [2.24, 2.45) is 5.92 Å². The molecule has 0 aliphatic rings. The summed E-state index contributed by atoms with van der Waals surface area (Å²) in [4.78, 5) is 25.3. The molecule has 2 aromatic rings. The first-order valence-corrected chi connectivity index (χ1v) is 8.71. The van der Waals surface area contributed by atoms with Crippen LogP contribution in [0.4, 0.5) is 5.13 Å². The summed E-state index contributed by atoms with van der Waals surface area (Å²) >= 11 is 1.33. The van der Waals surface area contributed by atoms with Crippen LogP contribution in [0.3, 0.4) is 0 Å². The zero-order valence-corrected chi connectivity index (χ0v) is 15.0. The summed E-state index contributed by atoms with van der Waals surface area (Å²) in [7, 11) is 0. The van der Waals surface area contributed by atoms with Gasteiger partial charge in [0.05, 0.1) is 0 Å². The average Bonchev–Trinajstić information content (AvgIpc) is 3.00. The summed E-state index contributed by atoms with van der Waals surface area (Å²) in [6, 6.07) is 9.69. The Morgan fingerprint density at radius 1 is 1.21 bits per heavy atom. The van der Waals surface area contributed by atoms with Crippen LogP contribution >= 0.6 is 11.3 Å². The zero-order chi connectivity index (χ0) is 17.5. The summed E-state index contributed by atoms with van der Waals surface area (Å²) in [6.07, 6.45) is 0.243. The van der Waals surface area contributed by atoms with Gasteiger partial charge in [-0.05, 0) is 5.92 Å². The SMILES string of the molecule is CC(=O)N(CCC(=O)Nc1nnc(-c2ccccc2)s1)CC(C)C. The number of rotatable bonds is 7. The van der Waals surface area contributed by atoms with Gasteiger partial charge in [-0.2, -0.15) is 0 Å². The van der Waals surface area contributed by atoms with E-state index in [0.29, 0.717) is 24.1 Å². The van der Waals surface area contributed by atoms with Crippen molar-refractivity contribution in [3.05, 3.63) is 30.3 Å². The Bertz CT molecular complexity index is 685. The molecule has 0 saturated heterocycles. The summed E-state index contributed by atoms with van der Waals surface area (Å²) in [5.74, 6) is 0.188. The molecule has 7 heteroatoms. The number of carbonyl (C=O) groups excluding carboxylic acids is 2. The molecule has 2 amide bonds. The molecule has 0 spiro atoms. The summed E-state index contributed by atoms with van der Waals surface area (Å²) in [5, 5.41) is 12.1. The number of carbonyl (C=O) groups is 2. The summed E-state index contributed by atoms with van der Waals surface area (Å²) in [6.45, 7) is 6.67. The Balaban J connectivity index is 1.88. The molecule has 0 aliphatic heterocycles. The highest BCUT2D eigenvalue weighted by Gasteiger charge is 2.14. The highest BCUT2D eigenvalue weighted by molar-refractivity contribution is 7.18. The number of hydrogen-bond acceptors (Lipinski definition) is 5. The Morgan fingerprint density at radius 3 is 2.54 bits per heavy atom. The van der Waals surface area contributed by atoms with Crippen LogP contribution in [0.25, 0.3) is 10.6 Å². The molecular formula is C17H22N4O2S. The number of nitrogens with one attached hydrogen (secondary N) is 1. The monoisotopic (exact) mass is 346 g/mol. The second-order valence-corrected chi connectivity index (χ2v) is 6.91. The van der Waals surface area contributed by atoms with Gasteiger partial charge < -0.3 is 10.2 Å². The highest BCUT2D eigenvalue weighted by Crippen LogP contribution is 2.25. The number of anilines is 1. The third kappa shape index (κ3) is 5.42. The van der Waals surface area contributed by atoms with Crippen molar-refractivity contribution in [1.29, 1.82) is 0 Å².